The molecule has 0 aromatic carbocycles. The molecule has 78 valence electrons. The van der Waals surface area contributed by atoms with E-state index in [-0.39, 0.29) is 6.54 Å². The van der Waals surface area contributed by atoms with E-state index in [0.29, 0.717) is 5.01 Å². The van der Waals surface area contributed by atoms with Crippen molar-refractivity contribution in [2.75, 3.05) is 6.54 Å². The number of carboxylic acid groups (broad SMARTS) is 1. The minimum atomic E-state index is -1.17. The van der Waals surface area contributed by atoms with E-state index in [9.17, 15) is 14.6 Å². The molecule has 10 heteroatoms. The number of nitroso groups, excluding NO2 is 1. The average Bonchev–Trinajstić information content (AvgIpc) is 2.03. The van der Waals surface area contributed by atoms with Gasteiger partial charge in [-0.2, -0.15) is 5.01 Å². The summed E-state index contributed by atoms with van der Waals surface area (Å²) in [7, 11) is 0. The number of aliphatic carboxylic acids is 1. The van der Waals surface area contributed by atoms with E-state index in [1.807, 2.05) is 0 Å². The van der Waals surface area contributed by atoms with Crippen molar-refractivity contribution in [2.45, 2.75) is 6.42 Å². The number of carbonyl (C=O) groups is 1. The van der Waals surface area contributed by atoms with Gasteiger partial charge in [0, 0.05) is 0 Å². The molecule has 0 unspecified atom stereocenters. The molecule has 0 bridgehead atoms. The van der Waals surface area contributed by atoms with Gasteiger partial charge < -0.3 is 10.8 Å². The lowest BCUT2D eigenvalue weighted by atomic mass is 10.4. The van der Waals surface area contributed by atoms with E-state index in [0.717, 1.165) is 0 Å². The second-order valence-electron chi connectivity index (χ2n) is 2.06. The van der Waals surface area contributed by atoms with Crippen LogP contribution in [0.4, 0.5) is 0 Å². The smallest absolute Gasteiger partial charge is 0.391 e. The van der Waals surface area contributed by atoms with Crippen LogP contribution in [0.15, 0.2) is 10.4 Å². The van der Waals surface area contributed by atoms with E-state index >= 15 is 0 Å². The van der Waals surface area contributed by atoms with E-state index in [1.165, 1.54) is 0 Å². The number of nitrogens with two attached hydrogens (primary N) is 1. The monoisotopic (exact) mass is 206 g/mol. The van der Waals surface area contributed by atoms with E-state index in [4.69, 9.17) is 16.0 Å². The molecule has 0 atom stereocenters. The zero-order valence-corrected chi connectivity index (χ0v) is 6.90. The van der Waals surface area contributed by atoms with Gasteiger partial charge >= 0.3 is 11.0 Å². The molecule has 0 saturated carbocycles. The zero-order chi connectivity index (χ0) is 11.1. The molecule has 0 saturated heterocycles. The van der Waals surface area contributed by atoms with Gasteiger partial charge in [-0.3, -0.25) is 4.79 Å². The van der Waals surface area contributed by atoms with Crippen LogP contribution in [0.5, 0.6) is 0 Å². The minimum Gasteiger partial charge on any atom is -0.481 e. The second-order valence-corrected chi connectivity index (χ2v) is 2.06. The number of guanidine groups is 1. The SMILES string of the molecule is N/C(=N\[N+](=O)O)N(CCC(=O)O)N=O. The van der Waals surface area contributed by atoms with Crippen LogP contribution in [0, 0.1) is 9.81 Å². The highest BCUT2D eigenvalue weighted by atomic mass is 16.7. The van der Waals surface area contributed by atoms with Crippen LogP contribution in [0.1, 0.15) is 6.42 Å². The summed E-state index contributed by atoms with van der Waals surface area (Å²) in [4.78, 5) is 30.1. The fraction of sp³-hybridized carbons (Fsp3) is 0.500. The molecule has 0 radical (unpaired) electrons. The number of rotatable bonds is 5. The van der Waals surface area contributed by atoms with Crippen molar-refractivity contribution in [1.29, 1.82) is 0 Å². The van der Waals surface area contributed by atoms with Crippen LogP contribution in [-0.4, -0.2) is 38.8 Å². The van der Waals surface area contributed by atoms with Crippen molar-refractivity contribution < 1.29 is 20.1 Å². The molecule has 0 aliphatic rings. The summed E-state index contributed by atoms with van der Waals surface area (Å²) in [5, 5.41) is 20.9. The first-order chi connectivity index (χ1) is 6.47. The molecule has 0 aliphatic heterocycles. The van der Waals surface area contributed by atoms with E-state index in [2.05, 4.69) is 10.4 Å². The molecule has 0 aromatic heterocycles. The van der Waals surface area contributed by atoms with E-state index < -0.39 is 23.4 Å². The normalized spacial score (nSPS) is 10.7. The molecule has 10 nitrogen and oxygen atoms in total. The number of hydrogen-bond acceptors (Lipinski definition) is 4. The minimum absolute atomic E-state index is 0.345. The predicted molar refractivity (Wildman–Crippen MR) is 41.8 cm³/mol. The maximum absolute atomic E-state index is 10.1. The number of hydrazone groups is 1. The van der Waals surface area contributed by atoms with Crippen LogP contribution >= 0.6 is 0 Å². The third kappa shape index (κ3) is 4.58. The molecule has 0 heterocycles. The van der Waals surface area contributed by atoms with Crippen molar-refractivity contribution in [3.8, 4) is 0 Å². The molecule has 0 aromatic rings. The Morgan fingerprint density at radius 3 is 2.50 bits per heavy atom. The van der Waals surface area contributed by atoms with Crippen LogP contribution in [0.2, 0.25) is 0 Å². The second kappa shape index (κ2) is 5.40. The van der Waals surface area contributed by atoms with E-state index in [1.54, 1.807) is 0 Å². The first kappa shape index (κ1) is 11.7. The largest absolute Gasteiger partial charge is 0.481 e. The Morgan fingerprint density at radius 1 is 1.57 bits per heavy atom. The quantitative estimate of drug-likeness (QED) is 0.222. The van der Waals surface area contributed by atoms with Gasteiger partial charge in [-0.1, -0.05) is 0 Å². The first-order valence-electron chi connectivity index (χ1n) is 3.30. The van der Waals surface area contributed by atoms with Gasteiger partial charge in [0.1, 0.15) is 10.0 Å². The highest BCUT2D eigenvalue weighted by Crippen LogP contribution is 1.92. The molecule has 0 amide bonds. The van der Waals surface area contributed by atoms with Crippen molar-refractivity contribution in [1.82, 2.24) is 5.01 Å². The van der Waals surface area contributed by atoms with Crippen LogP contribution in [0.3, 0.4) is 0 Å². The highest BCUT2D eigenvalue weighted by molar-refractivity contribution is 5.77. The first-order valence-corrected chi connectivity index (χ1v) is 3.30. The molecule has 0 fully saturated rings. The lowest BCUT2D eigenvalue weighted by Gasteiger charge is -2.08. The molecule has 4 N–H and O–H groups in total. The lowest BCUT2D eigenvalue weighted by molar-refractivity contribution is -0.796. The Bertz CT molecular complexity index is 275. The Balaban J connectivity index is 4.33. The Kier molecular flexibility index (Phi) is 4.53. The summed E-state index contributed by atoms with van der Waals surface area (Å²) >= 11 is 0. The van der Waals surface area contributed by atoms with Gasteiger partial charge in [0.15, 0.2) is 0 Å². The van der Waals surface area contributed by atoms with Crippen LogP contribution in [0.25, 0.3) is 0 Å². The molecule has 14 heavy (non-hydrogen) atoms. The average molecular weight is 206 g/mol. The molecule has 0 rings (SSSR count). The fourth-order valence-electron chi connectivity index (χ4n) is 0.538. The Morgan fingerprint density at radius 2 is 2.14 bits per heavy atom. The van der Waals surface area contributed by atoms with Crippen LogP contribution in [-0.2, 0) is 4.79 Å². The maximum Gasteiger partial charge on any atom is 0.391 e. The number of nitrogens with zero attached hydrogens (tertiary/aromatic N) is 4. The van der Waals surface area contributed by atoms with Gasteiger partial charge in [-0.15, -0.1) is 4.91 Å². The van der Waals surface area contributed by atoms with Gasteiger partial charge in [0.05, 0.1) is 18.3 Å². The van der Waals surface area contributed by atoms with Gasteiger partial charge in [0.25, 0.3) is 5.96 Å². The summed E-state index contributed by atoms with van der Waals surface area (Å²) in [6.45, 7) is -0.345. The summed E-state index contributed by atoms with van der Waals surface area (Å²) in [6.07, 6.45) is -0.410. The molecular weight excluding hydrogens is 198 g/mol. The third-order valence-electron chi connectivity index (χ3n) is 1.09. The van der Waals surface area contributed by atoms with Crippen molar-refractivity contribution >= 4 is 11.9 Å². The topological polar surface area (TPSA) is 149 Å². The number of carboxylic acids is 1. The predicted octanol–water partition coefficient (Wildman–Crippen LogP) is -1.16. The number of hydrogen-bond donors (Lipinski definition) is 3. The summed E-state index contributed by atoms with van der Waals surface area (Å²) in [6, 6.07) is 0. The van der Waals surface area contributed by atoms with Crippen molar-refractivity contribution in [2.24, 2.45) is 16.1 Å². The maximum atomic E-state index is 10.1. The Labute approximate surface area is 77.1 Å². The molecular formula is C4H8N5O5+. The van der Waals surface area contributed by atoms with Crippen molar-refractivity contribution in [3.63, 3.8) is 0 Å². The third-order valence-corrected chi connectivity index (χ3v) is 1.09. The van der Waals surface area contributed by atoms with Gasteiger partial charge in [0.2, 0.25) is 0 Å². The zero-order valence-electron chi connectivity index (χ0n) is 6.90. The standard InChI is InChI=1S/C4H7N5O5/c5-4(6-9(13)14)8(7-12)2-1-3(10)11/h1-2H2,(H3-,5,6,10,11,13,14)/p+1. The Hall–Kier alpha value is -2.26. The molecule has 0 aliphatic carbocycles. The van der Waals surface area contributed by atoms with Gasteiger partial charge in [-0.25, -0.2) is 5.21 Å². The lowest BCUT2D eigenvalue weighted by Crippen LogP contribution is -2.35. The van der Waals surface area contributed by atoms with Gasteiger partial charge in [-0.05, 0) is 0 Å². The summed E-state index contributed by atoms with van der Waals surface area (Å²) in [5.74, 6) is -1.87. The molecule has 0 spiro atoms. The fourth-order valence-corrected chi connectivity index (χ4v) is 0.538. The summed E-state index contributed by atoms with van der Waals surface area (Å²) in [5.41, 5.74) is 5.00. The van der Waals surface area contributed by atoms with Crippen LogP contribution < -0.4 is 5.73 Å². The summed E-state index contributed by atoms with van der Waals surface area (Å²) < 4.78 is 0. The van der Waals surface area contributed by atoms with Crippen molar-refractivity contribution in [3.05, 3.63) is 9.81 Å². The highest BCUT2D eigenvalue weighted by Gasteiger charge is 2.15.